The van der Waals surface area contributed by atoms with Crippen LogP contribution in [0, 0.1) is 0 Å². The molecule has 0 radical (unpaired) electrons. The van der Waals surface area contributed by atoms with Crippen molar-refractivity contribution in [2.45, 2.75) is 51.2 Å². The van der Waals surface area contributed by atoms with E-state index in [1.165, 1.54) is 17.5 Å². The molecule has 0 spiro atoms. The molecule has 30 heavy (non-hydrogen) atoms. The van der Waals surface area contributed by atoms with Gasteiger partial charge in [0.1, 0.15) is 6.04 Å². The number of amides is 2. The number of aryl methyl sites for hydroxylation is 2. The SMILES string of the molecule is C[C@H](Nc1ccccc1C(=O)NC[C@@H]1CCCO1)C(=O)Nc1ccc2c(c1)CCC2. The van der Waals surface area contributed by atoms with Crippen LogP contribution in [-0.4, -0.2) is 37.1 Å². The monoisotopic (exact) mass is 407 g/mol. The van der Waals surface area contributed by atoms with Gasteiger partial charge in [0, 0.05) is 24.5 Å². The molecule has 6 nitrogen and oxygen atoms in total. The van der Waals surface area contributed by atoms with Crippen LogP contribution in [0.3, 0.4) is 0 Å². The van der Waals surface area contributed by atoms with Crippen LogP contribution in [0.4, 0.5) is 11.4 Å². The van der Waals surface area contributed by atoms with Crippen LogP contribution in [-0.2, 0) is 22.4 Å². The number of hydrogen-bond acceptors (Lipinski definition) is 4. The maximum absolute atomic E-state index is 12.7. The Kier molecular flexibility index (Phi) is 6.33. The molecule has 3 N–H and O–H groups in total. The molecule has 2 amide bonds. The van der Waals surface area contributed by atoms with Crippen molar-refractivity contribution in [3.05, 3.63) is 59.2 Å². The Morgan fingerprint density at radius 1 is 1.10 bits per heavy atom. The lowest BCUT2D eigenvalue weighted by Gasteiger charge is -2.18. The second-order valence-corrected chi connectivity index (χ2v) is 8.08. The predicted octanol–water partition coefficient (Wildman–Crippen LogP) is 3.52. The summed E-state index contributed by atoms with van der Waals surface area (Å²) in [5.41, 5.74) is 4.67. The molecule has 2 aromatic carbocycles. The summed E-state index contributed by atoms with van der Waals surface area (Å²) in [5.74, 6) is -0.303. The molecule has 6 heteroatoms. The fourth-order valence-corrected chi connectivity index (χ4v) is 4.11. The van der Waals surface area contributed by atoms with Crippen LogP contribution in [0.5, 0.6) is 0 Å². The number of nitrogens with one attached hydrogen (secondary N) is 3. The van der Waals surface area contributed by atoms with Gasteiger partial charge in [0.2, 0.25) is 5.91 Å². The molecule has 0 unspecified atom stereocenters. The molecule has 2 atom stereocenters. The van der Waals surface area contributed by atoms with Gasteiger partial charge < -0.3 is 20.7 Å². The Morgan fingerprint density at radius 3 is 2.77 bits per heavy atom. The Labute approximate surface area is 177 Å². The van der Waals surface area contributed by atoms with Crippen molar-refractivity contribution in [3.8, 4) is 0 Å². The van der Waals surface area contributed by atoms with E-state index in [1.807, 2.05) is 24.3 Å². The number of anilines is 2. The summed E-state index contributed by atoms with van der Waals surface area (Å²) in [7, 11) is 0. The first kappa shape index (κ1) is 20.4. The molecule has 2 aliphatic rings. The molecular weight excluding hydrogens is 378 g/mol. The van der Waals surface area contributed by atoms with Gasteiger partial charge >= 0.3 is 0 Å². The topological polar surface area (TPSA) is 79.5 Å². The molecule has 4 rings (SSSR count). The molecule has 1 heterocycles. The van der Waals surface area contributed by atoms with Crippen LogP contribution >= 0.6 is 0 Å². The number of fused-ring (bicyclic) bond motifs is 1. The minimum absolute atomic E-state index is 0.0890. The number of benzene rings is 2. The van der Waals surface area contributed by atoms with E-state index in [0.717, 1.165) is 38.0 Å². The highest BCUT2D eigenvalue weighted by Gasteiger charge is 2.20. The fourth-order valence-electron chi connectivity index (χ4n) is 4.11. The average Bonchev–Trinajstić information content (AvgIpc) is 3.44. The van der Waals surface area contributed by atoms with Gasteiger partial charge in [-0.15, -0.1) is 0 Å². The number of para-hydroxylation sites is 1. The van der Waals surface area contributed by atoms with Gasteiger partial charge in [-0.3, -0.25) is 9.59 Å². The molecule has 1 fully saturated rings. The van der Waals surface area contributed by atoms with Crippen LogP contribution in [0.15, 0.2) is 42.5 Å². The number of carbonyl (C=O) groups is 2. The van der Waals surface area contributed by atoms with Crippen molar-refractivity contribution in [1.82, 2.24) is 5.32 Å². The minimum atomic E-state index is -0.495. The Balaban J connectivity index is 1.37. The van der Waals surface area contributed by atoms with Crippen molar-refractivity contribution in [1.29, 1.82) is 0 Å². The van der Waals surface area contributed by atoms with Gasteiger partial charge in [0.05, 0.1) is 11.7 Å². The Morgan fingerprint density at radius 2 is 1.93 bits per heavy atom. The highest BCUT2D eigenvalue weighted by molar-refractivity contribution is 6.01. The molecule has 1 aliphatic heterocycles. The fraction of sp³-hybridized carbons (Fsp3) is 0.417. The van der Waals surface area contributed by atoms with Gasteiger partial charge in [0.25, 0.3) is 5.91 Å². The third kappa shape index (κ3) is 4.82. The number of carbonyl (C=O) groups excluding carboxylic acids is 2. The number of ether oxygens (including phenoxy) is 1. The predicted molar refractivity (Wildman–Crippen MR) is 118 cm³/mol. The van der Waals surface area contributed by atoms with E-state index >= 15 is 0 Å². The summed E-state index contributed by atoms with van der Waals surface area (Å²) in [6, 6.07) is 12.9. The van der Waals surface area contributed by atoms with E-state index in [4.69, 9.17) is 4.74 Å². The Bertz CT molecular complexity index is 922. The zero-order valence-corrected chi connectivity index (χ0v) is 17.4. The highest BCUT2D eigenvalue weighted by Crippen LogP contribution is 2.25. The van der Waals surface area contributed by atoms with E-state index in [-0.39, 0.29) is 17.9 Å². The maximum Gasteiger partial charge on any atom is 0.253 e. The summed E-state index contributed by atoms with van der Waals surface area (Å²) in [6.45, 7) is 3.06. The minimum Gasteiger partial charge on any atom is -0.376 e. The first-order chi connectivity index (χ1) is 14.6. The number of hydrogen-bond donors (Lipinski definition) is 3. The van der Waals surface area contributed by atoms with Crippen LogP contribution < -0.4 is 16.0 Å². The first-order valence-corrected chi connectivity index (χ1v) is 10.8. The second kappa shape index (κ2) is 9.30. The molecule has 0 bridgehead atoms. The van der Waals surface area contributed by atoms with Gasteiger partial charge in [-0.25, -0.2) is 0 Å². The first-order valence-electron chi connectivity index (χ1n) is 10.8. The Hall–Kier alpha value is -2.86. The third-order valence-corrected chi connectivity index (χ3v) is 5.82. The molecule has 158 valence electrons. The van der Waals surface area contributed by atoms with Gasteiger partial charge in [-0.2, -0.15) is 0 Å². The zero-order chi connectivity index (χ0) is 20.9. The normalized spacial score (nSPS) is 18.5. The average molecular weight is 408 g/mol. The molecular formula is C24H29N3O3. The quantitative estimate of drug-likeness (QED) is 0.656. The summed E-state index contributed by atoms with van der Waals surface area (Å²) in [5, 5.41) is 9.11. The smallest absolute Gasteiger partial charge is 0.253 e. The van der Waals surface area contributed by atoms with Gasteiger partial charge in [-0.05, 0) is 74.4 Å². The van der Waals surface area contributed by atoms with Crippen LogP contribution in [0.1, 0.15) is 47.7 Å². The molecule has 0 saturated carbocycles. The van der Waals surface area contributed by atoms with E-state index in [2.05, 4.69) is 28.1 Å². The van der Waals surface area contributed by atoms with Crippen LogP contribution in [0.25, 0.3) is 0 Å². The molecule has 0 aromatic heterocycles. The van der Waals surface area contributed by atoms with E-state index in [9.17, 15) is 9.59 Å². The molecule has 1 aliphatic carbocycles. The lowest BCUT2D eigenvalue weighted by Crippen LogP contribution is -2.34. The maximum atomic E-state index is 12.7. The summed E-state index contributed by atoms with van der Waals surface area (Å²) in [6.07, 6.45) is 5.46. The third-order valence-electron chi connectivity index (χ3n) is 5.82. The largest absolute Gasteiger partial charge is 0.376 e. The van der Waals surface area contributed by atoms with E-state index < -0.39 is 6.04 Å². The van der Waals surface area contributed by atoms with Crippen molar-refractivity contribution >= 4 is 23.2 Å². The summed E-state index contributed by atoms with van der Waals surface area (Å²) in [4.78, 5) is 25.4. The zero-order valence-electron chi connectivity index (χ0n) is 17.4. The van der Waals surface area contributed by atoms with Crippen molar-refractivity contribution in [3.63, 3.8) is 0 Å². The van der Waals surface area contributed by atoms with Crippen molar-refractivity contribution < 1.29 is 14.3 Å². The van der Waals surface area contributed by atoms with E-state index in [1.54, 1.807) is 13.0 Å². The van der Waals surface area contributed by atoms with Gasteiger partial charge in [0.15, 0.2) is 0 Å². The van der Waals surface area contributed by atoms with Crippen molar-refractivity contribution in [2.75, 3.05) is 23.8 Å². The van der Waals surface area contributed by atoms with Crippen LogP contribution in [0.2, 0.25) is 0 Å². The molecule has 2 aromatic rings. The lowest BCUT2D eigenvalue weighted by atomic mass is 10.1. The summed E-state index contributed by atoms with van der Waals surface area (Å²) < 4.78 is 5.57. The standard InChI is InChI=1S/C24H29N3O3/c1-16(23(28)27-19-12-11-17-6-4-7-18(17)14-19)26-22-10-3-2-9-21(22)24(29)25-15-20-8-5-13-30-20/h2-3,9-12,14,16,20,26H,4-8,13,15H2,1H3,(H,25,29)(H,27,28)/t16-,20-/m0/s1. The second-order valence-electron chi connectivity index (χ2n) is 8.08. The lowest BCUT2D eigenvalue weighted by molar-refractivity contribution is -0.116. The highest BCUT2D eigenvalue weighted by atomic mass is 16.5. The van der Waals surface area contributed by atoms with Crippen molar-refractivity contribution in [2.24, 2.45) is 0 Å². The van der Waals surface area contributed by atoms with E-state index in [0.29, 0.717) is 17.8 Å². The summed E-state index contributed by atoms with van der Waals surface area (Å²) >= 11 is 0. The number of rotatable bonds is 7. The molecule has 1 saturated heterocycles. The van der Waals surface area contributed by atoms with Gasteiger partial charge in [-0.1, -0.05) is 18.2 Å².